The summed E-state index contributed by atoms with van der Waals surface area (Å²) in [6.45, 7) is 6.85. The van der Waals surface area contributed by atoms with E-state index in [4.69, 9.17) is 33.7 Å². The second-order valence-electron chi connectivity index (χ2n) is 20.5. The van der Waals surface area contributed by atoms with Crippen LogP contribution in [0.1, 0.15) is 149 Å². The van der Waals surface area contributed by atoms with Crippen LogP contribution in [0, 0.1) is 27.9 Å². The number of aliphatic hydroxyl groups excluding tert-OH is 2. The van der Waals surface area contributed by atoms with Gasteiger partial charge < -0.3 is 43.6 Å². The molecule has 2 N–H and O–H groups in total. The van der Waals surface area contributed by atoms with E-state index in [1.54, 1.807) is 42.5 Å². The van der Waals surface area contributed by atoms with Gasteiger partial charge in [0.05, 0.1) is 23.2 Å². The van der Waals surface area contributed by atoms with Crippen LogP contribution in [0.5, 0.6) is 28.7 Å². The first-order chi connectivity index (χ1) is 37.2. The molecule has 406 valence electrons. The van der Waals surface area contributed by atoms with Crippen molar-refractivity contribution in [3.63, 3.8) is 0 Å². The Kier molecular flexibility index (Phi) is 20.1. The smallest absolute Gasteiger partial charge is 0.269 e. The maximum atomic E-state index is 15.5. The number of amides is 1. The standard InChI is InChI=1S/C61H75N3O12/c1-3-5-6-7-8-9-10-11-12-22-58(68)63(39-44-25-29-55-56(35-44)72-42-71-55)57-38-53(62-74-41-43-23-26-47(27-24-43)64(69)70)51-36-46(19-13-15-31-65)50(21-14-16-32-66)59-52-37-49(75-48-20-17-18-45(34-48)40-67)28-30-54(52)76-61(57,60(51)59)73-33-4-2/h4,17-18,20,23-30,34-37,40,46,50,57,59-60,65-66H,2-3,5-16,19,21-22,31-33,38-39,41-42H2,1H3. The first-order valence-corrected chi connectivity index (χ1v) is 27.5. The predicted octanol–water partition coefficient (Wildman–Crippen LogP) is 12.7. The highest BCUT2D eigenvalue weighted by Gasteiger charge is 2.65. The highest BCUT2D eigenvalue weighted by Crippen LogP contribution is 2.62. The summed E-state index contributed by atoms with van der Waals surface area (Å²) in [4.78, 5) is 46.6. The fourth-order valence-corrected chi connectivity index (χ4v) is 11.7. The summed E-state index contributed by atoms with van der Waals surface area (Å²) < 4.78 is 32.9. The number of aliphatic hydroxyl groups is 2. The average Bonchev–Trinajstić information content (AvgIpc) is 3.99. The van der Waals surface area contributed by atoms with Crippen LogP contribution in [0.2, 0.25) is 0 Å². The summed E-state index contributed by atoms with van der Waals surface area (Å²) >= 11 is 0. The summed E-state index contributed by atoms with van der Waals surface area (Å²) in [5, 5.41) is 36.7. The van der Waals surface area contributed by atoms with Crippen LogP contribution in [0.25, 0.3) is 0 Å². The van der Waals surface area contributed by atoms with Crippen molar-refractivity contribution < 1.29 is 53.2 Å². The van der Waals surface area contributed by atoms with E-state index in [2.05, 4.69) is 19.6 Å². The summed E-state index contributed by atoms with van der Waals surface area (Å²) in [5.74, 6) is 0.319. The minimum Gasteiger partial charge on any atom is -0.459 e. The predicted molar refractivity (Wildman–Crippen MR) is 290 cm³/mol. The molecule has 0 radical (unpaired) electrons. The van der Waals surface area contributed by atoms with Crippen molar-refractivity contribution in [2.45, 2.75) is 147 Å². The molecule has 15 heteroatoms. The highest BCUT2D eigenvalue weighted by molar-refractivity contribution is 6.03. The Balaban J connectivity index is 1.28. The van der Waals surface area contributed by atoms with Crippen LogP contribution in [0.15, 0.2) is 114 Å². The molecule has 2 aliphatic carbocycles. The quantitative estimate of drug-likeness (QED) is 0.0160. The first kappa shape index (κ1) is 55.7. The Hall–Kier alpha value is -6.55. The summed E-state index contributed by atoms with van der Waals surface area (Å²) in [6.07, 6.45) is 19.4. The second-order valence-corrected chi connectivity index (χ2v) is 20.5. The molecule has 6 atom stereocenters. The third kappa shape index (κ3) is 13.5. The van der Waals surface area contributed by atoms with Crippen LogP contribution < -0.4 is 18.9 Å². The Bertz CT molecular complexity index is 2650. The third-order valence-corrected chi connectivity index (χ3v) is 15.4. The average molecular weight is 1040 g/mol. The lowest BCUT2D eigenvalue weighted by Crippen LogP contribution is -2.70. The van der Waals surface area contributed by atoms with Crippen molar-refractivity contribution in [1.29, 1.82) is 0 Å². The van der Waals surface area contributed by atoms with Crippen LogP contribution >= 0.6 is 0 Å². The number of nitrogens with zero attached hydrogens (tertiary/aromatic N) is 3. The molecule has 0 spiro atoms. The molecule has 2 aliphatic heterocycles. The number of unbranched alkanes of at least 4 members (excludes halogenated alkanes) is 10. The van der Waals surface area contributed by atoms with Gasteiger partial charge >= 0.3 is 0 Å². The van der Waals surface area contributed by atoms with E-state index in [9.17, 15) is 25.1 Å². The van der Waals surface area contributed by atoms with Crippen LogP contribution in [-0.2, 0) is 27.5 Å². The molecular weight excluding hydrogens is 967 g/mol. The van der Waals surface area contributed by atoms with E-state index in [-0.39, 0.29) is 75.5 Å². The summed E-state index contributed by atoms with van der Waals surface area (Å²) in [6, 6.07) is 23.9. The van der Waals surface area contributed by atoms with E-state index in [1.807, 2.05) is 41.3 Å². The molecule has 2 heterocycles. The number of ether oxygens (including phenoxy) is 5. The molecule has 0 saturated heterocycles. The van der Waals surface area contributed by atoms with E-state index in [1.165, 1.54) is 44.2 Å². The fourth-order valence-electron chi connectivity index (χ4n) is 11.7. The number of aldehydes is 1. The number of nitro benzene ring substituents is 1. The van der Waals surface area contributed by atoms with Crippen molar-refractivity contribution in [3.8, 4) is 28.7 Å². The maximum absolute atomic E-state index is 15.5. The number of non-ortho nitro benzene ring substituents is 1. The number of oxime groups is 1. The number of nitro groups is 1. The maximum Gasteiger partial charge on any atom is 0.269 e. The zero-order valence-electron chi connectivity index (χ0n) is 44.0. The zero-order valence-corrected chi connectivity index (χ0v) is 44.0. The fraction of sp³-hybridized carbons (Fsp3) is 0.492. The van der Waals surface area contributed by atoms with Gasteiger partial charge in [0.25, 0.3) is 5.69 Å². The van der Waals surface area contributed by atoms with Gasteiger partial charge in [-0.25, -0.2) is 0 Å². The Labute approximate surface area is 447 Å². The molecule has 8 rings (SSSR count). The van der Waals surface area contributed by atoms with Crippen molar-refractivity contribution >= 4 is 23.6 Å². The minimum atomic E-state index is -1.51. The molecule has 0 bridgehead atoms. The molecule has 4 aromatic carbocycles. The molecule has 0 aromatic heterocycles. The van der Waals surface area contributed by atoms with Crippen molar-refractivity contribution in [1.82, 2.24) is 4.90 Å². The molecule has 4 aliphatic rings. The molecule has 1 fully saturated rings. The van der Waals surface area contributed by atoms with Gasteiger partial charge in [0.2, 0.25) is 18.5 Å². The van der Waals surface area contributed by atoms with Gasteiger partial charge in [0, 0.05) is 61.8 Å². The van der Waals surface area contributed by atoms with Crippen LogP contribution in [0.3, 0.4) is 0 Å². The van der Waals surface area contributed by atoms with Gasteiger partial charge in [0.1, 0.15) is 36.2 Å². The number of carbonyl (C=O) groups is 2. The lowest BCUT2D eigenvalue weighted by molar-refractivity contribution is -0.384. The summed E-state index contributed by atoms with van der Waals surface area (Å²) in [5.41, 5.74) is 4.34. The Morgan fingerprint density at radius 1 is 0.842 bits per heavy atom. The largest absolute Gasteiger partial charge is 0.459 e. The number of rotatable bonds is 31. The number of fused-ring (bicyclic) bond motifs is 3. The van der Waals surface area contributed by atoms with E-state index < -0.39 is 22.7 Å². The first-order valence-electron chi connectivity index (χ1n) is 27.5. The van der Waals surface area contributed by atoms with Gasteiger partial charge in [-0.05, 0) is 115 Å². The molecule has 1 amide bonds. The number of carbonyl (C=O) groups excluding carboxylic acids is 2. The molecule has 6 unspecified atom stereocenters. The van der Waals surface area contributed by atoms with Gasteiger partial charge in [-0.1, -0.05) is 107 Å². The number of allylic oxidation sites excluding steroid dienone is 1. The van der Waals surface area contributed by atoms with Gasteiger partial charge in [-0.3, -0.25) is 19.7 Å². The van der Waals surface area contributed by atoms with Crippen molar-refractivity contribution in [2.75, 3.05) is 26.6 Å². The monoisotopic (exact) mass is 1040 g/mol. The highest BCUT2D eigenvalue weighted by atomic mass is 16.7. The second kappa shape index (κ2) is 27.5. The topological polar surface area (TPSA) is 189 Å². The zero-order chi connectivity index (χ0) is 53.3. The normalized spacial score (nSPS) is 21.4. The van der Waals surface area contributed by atoms with Gasteiger partial charge in [-0.15, -0.1) is 6.58 Å². The van der Waals surface area contributed by atoms with E-state index >= 15 is 4.79 Å². The molecule has 4 aromatic rings. The van der Waals surface area contributed by atoms with E-state index in [0.29, 0.717) is 71.3 Å². The Morgan fingerprint density at radius 2 is 1.55 bits per heavy atom. The van der Waals surface area contributed by atoms with Gasteiger partial charge in [0.15, 0.2) is 11.5 Å². The third-order valence-electron chi connectivity index (χ3n) is 15.4. The van der Waals surface area contributed by atoms with E-state index in [0.717, 1.165) is 67.9 Å². The van der Waals surface area contributed by atoms with Crippen molar-refractivity contribution in [2.24, 2.45) is 22.9 Å². The molecule has 76 heavy (non-hydrogen) atoms. The molecule has 1 saturated carbocycles. The lowest BCUT2D eigenvalue weighted by Gasteiger charge is -2.60. The minimum absolute atomic E-state index is 0.0205. The lowest BCUT2D eigenvalue weighted by atomic mass is 9.55. The van der Waals surface area contributed by atoms with Crippen LogP contribution in [-0.4, -0.2) is 76.4 Å². The molecule has 15 nitrogen and oxygen atoms in total. The van der Waals surface area contributed by atoms with Gasteiger partial charge in [-0.2, -0.15) is 0 Å². The number of hydrogen-bond donors (Lipinski definition) is 2. The SMILES string of the molecule is C=CCOC12Oc3ccc(Oc4cccc(C=O)c4)cc3C3C(CCCCO)C(CCCCO)C=C(C(=NOCc4ccc([N+](=O)[O-])cc4)CC1N(Cc1ccc4c(c1)OCO4)C(=O)CCCCCCCCCCC)C32. The van der Waals surface area contributed by atoms with Crippen molar-refractivity contribution in [3.05, 3.63) is 142 Å². The number of benzene rings is 4. The summed E-state index contributed by atoms with van der Waals surface area (Å²) in [7, 11) is 0. The van der Waals surface area contributed by atoms with Crippen LogP contribution in [0.4, 0.5) is 5.69 Å². The Morgan fingerprint density at radius 3 is 2.29 bits per heavy atom. The number of hydrogen-bond acceptors (Lipinski definition) is 13. The molecular formula is C61H75N3O12.